The number of nitrogens with one attached hydrogen (secondary N) is 2. The molecule has 1 heterocycles. The highest BCUT2D eigenvalue weighted by atomic mass is 16.5. The van der Waals surface area contributed by atoms with Crippen LogP contribution in [0.25, 0.3) is 0 Å². The predicted octanol–water partition coefficient (Wildman–Crippen LogP) is 3.34. The summed E-state index contributed by atoms with van der Waals surface area (Å²) in [7, 11) is 0. The van der Waals surface area contributed by atoms with Crippen molar-refractivity contribution in [2.45, 2.75) is 59.5 Å². The van der Waals surface area contributed by atoms with Gasteiger partial charge in [-0.2, -0.15) is 0 Å². The van der Waals surface area contributed by atoms with Crippen molar-refractivity contribution < 1.29 is 4.74 Å². The van der Waals surface area contributed by atoms with E-state index in [0.717, 1.165) is 44.5 Å². The normalized spacial score (nSPS) is 16.1. The summed E-state index contributed by atoms with van der Waals surface area (Å²) in [6.45, 7) is 17.7. The summed E-state index contributed by atoms with van der Waals surface area (Å²) in [6.07, 6.45) is 3.61. The van der Waals surface area contributed by atoms with Gasteiger partial charge in [0.2, 0.25) is 0 Å². The lowest BCUT2D eigenvalue weighted by Gasteiger charge is -2.32. The topological polar surface area (TPSA) is 52.1 Å². The molecule has 0 spiro atoms. The Hall–Kier alpha value is -1.79. The van der Waals surface area contributed by atoms with Gasteiger partial charge in [0, 0.05) is 32.2 Å². The zero-order chi connectivity index (χ0) is 21.6. The van der Waals surface area contributed by atoms with Crippen LogP contribution >= 0.6 is 0 Å². The average molecular weight is 418 g/mol. The molecule has 0 aliphatic carbocycles. The molecule has 0 amide bonds. The van der Waals surface area contributed by atoms with Crippen LogP contribution in [0.3, 0.4) is 0 Å². The number of aliphatic imine (C=N–C) groups is 1. The smallest absolute Gasteiger partial charge is 0.191 e. The first-order valence-electron chi connectivity index (χ1n) is 11.9. The van der Waals surface area contributed by atoms with E-state index >= 15 is 0 Å². The number of piperidine rings is 1. The molecule has 1 aromatic carbocycles. The molecule has 1 aliphatic rings. The Kier molecular flexibility index (Phi) is 11.6. The Labute approximate surface area is 184 Å². The second-order valence-electron chi connectivity index (χ2n) is 7.97. The van der Waals surface area contributed by atoms with Crippen molar-refractivity contribution in [2.24, 2.45) is 4.99 Å². The lowest BCUT2D eigenvalue weighted by molar-refractivity contribution is 0.206. The summed E-state index contributed by atoms with van der Waals surface area (Å²) in [5.41, 5.74) is 1.20. The van der Waals surface area contributed by atoms with Crippen LogP contribution in [0.15, 0.2) is 29.3 Å². The molecule has 0 atom stereocenters. The van der Waals surface area contributed by atoms with Crippen molar-refractivity contribution in [1.82, 2.24) is 20.4 Å². The summed E-state index contributed by atoms with van der Waals surface area (Å²) in [6, 6.07) is 8.84. The molecule has 0 radical (unpaired) electrons. The number of hydrogen-bond donors (Lipinski definition) is 2. The molecule has 1 fully saturated rings. The van der Waals surface area contributed by atoms with Crippen molar-refractivity contribution in [3.63, 3.8) is 0 Å². The minimum atomic E-state index is 0.512. The van der Waals surface area contributed by atoms with Gasteiger partial charge in [-0.1, -0.05) is 32.9 Å². The summed E-state index contributed by atoms with van der Waals surface area (Å²) in [5.74, 6) is 1.85. The van der Waals surface area contributed by atoms with Gasteiger partial charge in [0.15, 0.2) is 5.96 Å². The number of benzene rings is 1. The van der Waals surface area contributed by atoms with Gasteiger partial charge in [-0.15, -0.1) is 0 Å². The van der Waals surface area contributed by atoms with Gasteiger partial charge in [-0.25, -0.2) is 4.99 Å². The Bertz CT molecular complexity index is 592. The maximum absolute atomic E-state index is 5.88. The predicted molar refractivity (Wildman–Crippen MR) is 127 cm³/mol. The van der Waals surface area contributed by atoms with Crippen LogP contribution in [0.5, 0.6) is 5.75 Å². The minimum Gasteiger partial charge on any atom is -0.492 e. The second-order valence-corrected chi connectivity index (χ2v) is 7.97. The third-order valence-corrected chi connectivity index (χ3v) is 5.73. The van der Waals surface area contributed by atoms with Crippen LogP contribution in [0.2, 0.25) is 0 Å². The van der Waals surface area contributed by atoms with Gasteiger partial charge in [0.05, 0.1) is 6.54 Å². The van der Waals surface area contributed by atoms with E-state index in [4.69, 9.17) is 9.73 Å². The second kappa shape index (κ2) is 14.3. The standard InChI is InChI=1S/C24H43N5O/c1-5-15-29-16-13-22(14-17-29)27-24(25-6-2)26-20-21-9-11-23(12-10-21)30-19-18-28(7-3)8-4/h9-12,22H,5-8,13-20H2,1-4H3,(H2,25,26,27). The quantitative estimate of drug-likeness (QED) is 0.404. The van der Waals surface area contributed by atoms with Crippen molar-refractivity contribution in [3.05, 3.63) is 29.8 Å². The molecule has 6 heteroatoms. The molecule has 2 rings (SSSR count). The van der Waals surface area contributed by atoms with Crippen molar-refractivity contribution in [2.75, 3.05) is 52.4 Å². The first-order chi connectivity index (χ1) is 14.7. The van der Waals surface area contributed by atoms with Gasteiger partial charge < -0.3 is 25.2 Å². The number of guanidine groups is 1. The molecule has 1 saturated heterocycles. The van der Waals surface area contributed by atoms with Gasteiger partial charge in [0.25, 0.3) is 0 Å². The Morgan fingerprint density at radius 1 is 1.10 bits per heavy atom. The average Bonchev–Trinajstić information content (AvgIpc) is 2.77. The fourth-order valence-electron chi connectivity index (χ4n) is 3.82. The van der Waals surface area contributed by atoms with E-state index in [0.29, 0.717) is 12.6 Å². The first kappa shape index (κ1) is 24.5. The molecule has 170 valence electrons. The number of likely N-dealkylation sites (tertiary alicyclic amines) is 1. The zero-order valence-corrected chi connectivity index (χ0v) is 19.6. The van der Waals surface area contributed by atoms with E-state index < -0.39 is 0 Å². The molecule has 0 aromatic heterocycles. The molecular weight excluding hydrogens is 374 g/mol. The summed E-state index contributed by atoms with van der Waals surface area (Å²) >= 11 is 0. The van der Waals surface area contributed by atoms with Crippen LogP contribution in [-0.2, 0) is 6.54 Å². The molecule has 1 aromatic rings. The van der Waals surface area contributed by atoms with Crippen LogP contribution in [0.4, 0.5) is 0 Å². The van der Waals surface area contributed by atoms with E-state index in [1.807, 2.05) is 0 Å². The van der Waals surface area contributed by atoms with Gasteiger partial charge in [-0.05, 0) is 63.5 Å². The first-order valence-corrected chi connectivity index (χ1v) is 11.9. The van der Waals surface area contributed by atoms with E-state index in [1.165, 1.54) is 44.5 Å². The van der Waals surface area contributed by atoms with Crippen molar-refractivity contribution >= 4 is 5.96 Å². The largest absolute Gasteiger partial charge is 0.492 e. The molecule has 0 bridgehead atoms. The number of ether oxygens (including phenoxy) is 1. The van der Waals surface area contributed by atoms with Crippen LogP contribution in [0.1, 0.15) is 52.5 Å². The SMILES string of the molecule is CCCN1CCC(NC(=NCc2ccc(OCCN(CC)CC)cc2)NCC)CC1. The third kappa shape index (κ3) is 8.92. The maximum atomic E-state index is 5.88. The van der Waals surface area contributed by atoms with E-state index in [-0.39, 0.29) is 0 Å². The maximum Gasteiger partial charge on any atom is 0.191 e. The number of hydrogen-bond acceptors (Lipinski definition) is 4. The lowest BCUT2D eigenvalue weighted by Crippen LogP contribution is -2.48. The van der Waals surface area contributed by atoms with Gasteiger partial charge in [0.1, 0.15) is 12.4 Å². The summed E-state index contributed by atoms with van der Waals surface area (Å²) in [4.78, 5) is 9.73. The Morgan fingerprint density at radius 2 is 1.80 bits per heavy atom. The van der Waals surface area contributed by atoms with Crippen LogP contribution in [0, 0.1) is 0 Å². The fourth-order valence-corrected chi connectivity index (χ4v) is 3.82. The molecule has 6 nitrogen and oxygen atoms in total. The highest BCUT2D eigenvalue weighted by Crippen LogP contribution is 2.13. The van der Waals surface area contributed by atoms with Gasteiger partial charge >= 0.3 is 0 Å². The number of likely N-dealkylation sites (N-methyl/N-ethyl adjacent to an activating group) is 1. The third-order valence-electron chi connectivity index (χ3n) is 5.73. The lowest BCUT2D eigenvalue weighted by atomic mass is 10.1. The molecule has 2 N–H and O–H groups in total. The highest BCUT2D eigenvalue weighted by molar-refractivity contribution is 5.80. The molecular formula is C24H43N5O. The van der Waals surface area contributed by atoms with E-state index in [2.05, 4.69) is 72.4 Å². The molecule has 1 aliphatic heterocycles. The summed E-state index contributed by atoms with van der Waals surface area (Å²) < 4.78 is 5.88. The zero-order valence-electron chi connectivity index (χ0n) is 19.6. The monoisotopic (exact) mass is 417 g/mol. The minimum absolute atomic E-state index is 0.512. The number of rotatable bonds is 12. The highest BCUT2D eigenvalue weighted by Gasteiger charge is 2.19. The van der Waals surface area contributed by atoms with E-state index in [1.54, 1.807) is 0 Å². The Morgan fingerprint density at radius 3 is 2.40 bits per heavy atom. The van der Waals surface area contributed by atoms with Crippen LogP contribution < -0.4 is 15.4 Å². The Balaban J connectivity index is 1.79. The van der Waals surface area contributed by atoms with Crippen LogP contribution in [-0.4, -0.2) is 74.2 Å². The fraction of sp³-hybridized carbons (Fsp3) is 0.708. The van der Waals surface area contributed by atoms with E-state index in [9.17, 15) is 0 Å². The molecule has 0 saturated carbocycles. The molecule has 30 heavy (non-hydrogen) atoms. The number of nitrogens with zero attached hydrogens (tertiary/aromatic N) is 3. The van der Waals surface area contributed by atoms with Crippen molar-refractivity contribution in [1.29, 1.82) is 0 Å². The molecule has 0 unspecified atom stereocenters. The summed E-state index contributed by atoms with van der Waals surface area (Å²) in [5, 5.41) is 7.03. The van der Waals surface area contributed by atoms with Crippen molar-refractivity contribution in [3.8, 4) is 5.75 Å². The van der Waals surface area contributed by atoms with Gasteiger partial charge in [-0.3, -0.25) is 0 Å².